The number of aromatic nitrogens is 3. The molecule has 1 fully saturated rings. The number of rotatable bonds is 2. The Kier molecular flexibility index (Phi) is 1.61. The van der Waals surface area contributed by atoms with Crippen LogP contribution in [-0.4, -0.2) is 15.2 Å². The van der Waals surface area contributed by atoms with Crippen molar-refractivity contribution in [2.24, 2.45) is 0 Å². The molecule has 0 unspecified atom stereocenters. The predicted molar refractivity (Wildman–Crippen MR) is 56.1 cm³/mol. The molecule has 1 aliphatic carbocycles. The zero-order valence-electron chi connectivity index (χ0n) is 7.53. The number of nitrogen functional groups attached to an aromatic ring is 1. The molecule has 1 aliphatic rings. The molecule has 0 spiro atoms. The Labute approximate surface area is 85.2 Å². The molecular weight excluding hydrogens is 196 g/mol. The van der Waals surface area contributed by atoms with Crippen LogP contribution in [0.2, 0.25) is 0 Å². The summed E-state index contributed by atoms with van der Waals surface area (Å²) in [6.07, 6.45) is 4.15. The van der Waals surface area contributed by atoms with Gasteiger partial charge in [-0.3, -0.25) is 5.10 Å². The van der Waals surface area contributed by atoms with Crippen LogP contribution >= 0.6 is 11.3 Å². The fourth-order valence-electron chi connectivity index (χ4n) is 1.57. The fourth-order valence-corrected chi connectivity index (χ4v) is 2.46. The van der Waals surface area contributed by atoms with E-state index in [0.29, 0.717) is 11.6 Å². The lowest BCUT2D eigenvalue weighted by molar-refractivity contribution is 1.04. The first-order valence-corrected chi connectivity index (χ1v) is 5.47. The van der Waals surface area contributed by atoms with E-state index in [9.17, 15) is 0 Å². The molecular formula is C9H10N4S. The topological polar surface area (TPSA) is 67.6 Å². The van der Waals surface area contributed by atoms with Crippen molar-refractivity contribution in [3.63, 3.8) is 0 Å². The van der Waals surface area contributed by atoms with E-state index >= 15 is 0 Å². The van der Waals surface area contributed by atoms with Gasteiger partial charge in [0.05, 0.1) is 33.7 Å². The zero-order valence-corrected chi connectivity index (χ0v) is 8.34. The van der Waals surface area contributed by atoms with E-state index in [1.807, 2.05) is 5.51 Å². The molecule has 1 saturated carbocycles. The number of H-pyrrole nitrogens is 1. The van der Waals surface area contributed by atoms with Gasteiger partial charge in [-0.15, -0.1) is 11.3 Å². The second-order valence-electron chi connectivity index (χ2n) is 3.54. The van der Waals surface area contributed by atoms with Crippen molar-refractivity contribution in [1.82, 2.24) is 15.2 Å². The van der Waals surface area contributed by atoms with Gasteiger partial charge in [0.15, 0.2) is 0 Å². The molecule has 0 aromatic carbocycles. The number of nitrogens with zero attached hydrogens (tertiary/aromatic N) is 2. The largest absolute Gasteiger partial charge is 0.396 e. The van der Waals surface area contributed by atoms with Crippen molar-refractivity contribution in [1.29, 1.82) is 0 Å². The van der Waals surface area contributed by atoms with Crippen LogP contribution in [0, 0.1) is 0 Å². The normalized spacial score (nSPS) is 16.0. The summed E-state index contributed by atoms with van der Waals surface area (Å²) >= 11 is 1.63. The van der Waals surface area contributed by atoms with Gasteiger partial charge in [0.1, 0.15) is 0 Å². The lowest BCUT2D eigenvalue weighted by atomic mass is 10.2. The Bertz CT molecular complexity index is 455. The maximum atomic E-state index is 5.81. The van der Waals surface area contributed by atoms with Crippen molar-refractivity contribution in [3.8, 4) is 10.6 Å². The number of anilines is 1. The Balaban J connectivity index is 2.11. The lowest BCUT2D eigenvalue weighted by Crippen LogP contribution is -1.88. The first kappa shape index (κ1) is 7.99. The van der Waals surface area contributed by atoms with Gasteiger partial charge >= 0.3 is 0 Å². The number of aromatic amines is 1. The van der Waals surface area contributed by atoms with Crippen LogP contribution in [0.5, 0.6) is 0 Å². The summed E-state index contributed by atoms with van der Waals surface area (Å²) in [6.45, 7) is 0. The van der Waals surface area contributed by atoms with E-state index in [0.717, 1.165) is 10.6 Å². The summed E-state index contributed by atoms with van der Waals surface area (Å²) in [6, 6.07) is 0. The van der Waals surface area contributed by atoms with Crippen LogP contribution in [0.3, 0.4) is 0 Å². The second kappa shape index (κ2) is 2.81. The highest BCUT2D eigenvalue weighted by Gasteiger charge is 2.29. The van der Waals surface area contributed by atoms with Crippen molar-refractivity contribution in [2.45, 2.75) is 18.8 Å². The molecule has 5 heteroatoms. The van der Waals surface area contributed by atoms with Crippen LogP contribution in [-0.2, 0) is 0 Å². The summed E-state index contributed by atoms with van der Waals surface area (Å²) in [4.78, 5) is 5.55. The van der Waals surface area contributed by atoms with Crippen molar-refractivity contribution in [2.75, 3.05) is 5.73 Å². The predicted octanol–water partition coefficient (Wildman–Crippen LogP) is 1.99. The molecule has 72 valence electrons. The molecule has 3 N–H and O–H groups in total. The molecule has 2 aromatic rings. The van der Waals surface area contributed by atoms with Crippen molar-refractivity contribution < 1.29 is 0 Å². The number of nitrogens with one attached hydrogen (secondary N) is 1. The highest BCUT2D eigenvalue weighted by molar-refractivity contribution is 7.13. The average Bonchev–Trinajstić information content (AvgIpc) is 2.75. The van der Waals surface area contributed by atoms with Crippen LogP contribution in [0.15, 0.2) is 11.7 Å². The maximum absolute atomic E-state index is 5.81. The first-order valence-electron chi connectivity index (χ1n) is 4.59. The smallest absolute Gasteiger partial charge is 0.0998 e. The quantitative estimate of drug-likeness (QED) is 0.789. The molecule has 4 nitrogen and oxygen atoms in total. The summed E-state index contributed by atoms with van der Waals surface area (Å²) in [5.74, 6) is 0.652. The van der Waals surface area contributed by atoms with Gasteiger partial charge in [0.25, 0.3) is 0 Å². The molecule has 0 radical (unpaired) electrons. The highest BCUT2D eigenvalue weighted by atomic mass is 32.1. The van der Waals surface area contributed by atoms with E-state index in [1.54, 1.807) is 17.5 Å². The van der Waals surface area contributed by atoms with Gasteiger partial charge in [0.2, 0.25) is 0 Å². The highest BCUT2D eigenvalue weighted by Crippen LogP contribution is 2.45. The van der Waals surface area contributed by atoms with E-state index in [2.05, 4.69) is 15.2 Å². The Hall–Kier alpha value is -1.36. The zero-order chi connectivity index (χ0) is 9.54. The molecule has 3 rings (SSSR count). The van der Waals surface area contributed by atoms with Gasteiger partial charge in [-0.25, -0.2) is 4.98 Å². The van der Waals surface area contributed by atoms with Gasteiger partial charge in [-0.05, 0) is 12.8 Å². The van der Waals surface area contributed by atoms with Crippen LogP contribution in [0.25, 0.3) is 10.6 Å². The second-order valence-corrected chi connectivity index (χ2v) is 4.40. The minimum Gasteiger partial charge on any atom is -0.396 e. The molecule has 0 amide bonds. The van der Waals surface area contributed by atoms with Gasteiger partial charge < -0.3 is 5.73 Å². The first-order chi connectivity index (χ1) is 6.86. The number of nitrogens with two attached hydrogens (primary N) is 1. The summed E-state index contributed by atoms with van der Waals surface area (Å²) in [5, 5.41) is 6.85. The van der Waals surface area contributed by atoms with E-state index in [4.69, 9.17) is 5.73 Å². The van der Waals surface area contributed by atoms with Crippen LogP contribution in [0.1, 0.15) is 24.5 Å². The van der Waals surface area contributed by atoms with E-state index < -0.39 is 0 Å². The Morgan fingerprint density at radius 2 is 2.36 bits per heavy atom. The van der Waals surface area contributed by atoms with Crippen LogP contribution < -0.4 is 5.73 Å². The molecule has 2 heterocycles. The van der Waals surface area contributed by atoms with E-state index in [1.165, 1.54) is 18.5 Å². The third kappa shape index (κ3) is 1.13. The van der Waals surface area contributed by atoms with Crippen molar-refractivity contribution >= 4 is 17.0 Å². The minimum absolute atomic E-state index is 0.652. The molecule has 2 aromatic heterocycles. The number of thiazole rings is 1. The number of hydrogen-bond donors (Lipinski definition) is 2. The van der Waals surface area contributed by atoms with Gasteiger partial charge in [-0.1, -0.05) is 0 Å². The van der Waals surface area contributed by atoms with Gasteiger partial charge in [0, 0.05) is 5.92 Å². The molecule has 0 atom stereocenters. The van der Waals surface area contributed by atoms with E-state index in [-0.39, 0.29) is 0 Å². The third-order valence-corrected chi connectivity index (χ3v) is 3.31. The molecule has 0 saturated heterocycles. The standard InChI is InChI=1S/C9H10N4S/c10-6-3-12-13-8(6)9-7(5-1-2-5)11-4-14-9/h3-5H,1-2,10H2,(H,12,13). The minimum atomic E-state index is 0.652. The SMILES string of the molecule is Nc1cn[nH]c1-c1scnc1C1CC1. The molecule has 14 heavy (non-hydrogen) atoms. The third-order valence-electron chi connectivity index (χ3n) is 2.45. The Morgan fingerprint density at radius 3 is 3.00 bits per heavy atom. The lowest BCUT2D eigenvalue weighted by Gasteiger charge is -1.98. The Morgan fingerprint density at radius 1 is 1.50 bits per heavy atom. The maximum Gasteiger partial charge on any atom is 0.0998 e. The summed E-state index contributed by atoms with van der Waals surface area (Å²) in [7, 11) is 0. The van der Waals surface area contributed by atoms with Gasteiger partial charge in [-0.2, -0.15) is 5.10 Å². The summed E-state index contributed by atoms with van der Waals surface area (Å²) in [5.41, 5.74) is 10.5. The number of hydrogen-bond acceptors (Lipinski definition) is 4. The van der Waals surface area contributed by atoms with Crippen LogP contribution in [0.4, 0.5) is 5.69 Å². The monoisotopic (exact) mass is 206 g/mol. The fraction of sp³-hybridized carbons (Fsp3) is 0.333. The summed E-state index contributed by atoms with van der Waals surface area (Å²) < 4.78 is 0. The average molecular weight is 206 g/mol. The molecule has 0 aliphatic heterocycles. The molecule has 0 bridgehead atoms. The van der Waals surface area contributed by atoms with Crippen molar-refractivity contribution in [3.05, 3.63) is 17.4 Å².